The molecule has 1 nitrogen and oxygen atoms in total. The van der Waals surface area contributed by atoms with Crippen LogP contribution in [0.2, 0.25) is 0 Å². The highest BCUT2D eigenvalue weighted by atomic mass is 19.4. The zero-order chi connectivity index (χ0) is 29.7. The summed E-state index contributed by atoms with van der Waals surface area (Å²) in [6, 6.07) is 12.6. The zero-order valence-corrected chi connectivity index (χ0v) is 21.9. The van der Waals surface area contributed by atoms with Gasteiger partial charge in [-0.2, -0.15) is 13.2 Å². The molecule has 0 N–H and O–H groups in total. The number of fused-ring (bicyclic) bond motifs is 1. The lowest BCUT2D eigenvalue weighted by Gasteiger charge is -2.12. The van der Waals surface area contributed by atoms with E-state index in [1.165, 1.54) is 18.2 Å². The van der Waals surface area contributed by atoms with Gasteiger partial charge in [0.15, 0.2) is 24.0 Å². The number of rotatable bonds is 11. The molecule has 4 aromatic carbocycles. The van der Waals surface area contributed by atoms with E-state index in [1.807, 2.05) is 0 Å². The second-order valence-electron chi connectivity index (χ2n) is 9.75. The topological polar surface area (TPSA) is 9.23 Å². The van der Waals surface area contributed by atoms with Gasteiger partial charge in [-0.05, 0) is 90.4 Å². The Morgan fingerprint density at radius 2 is 1.27 bits per heavy atom. The largest absolute Gasteiger partial charge is 0.478 e. The maximum Gasteiger partial charge on any atom is 0.422 e. The SMILES string of the molecule is C=CCCc1cc(F)c(CCc2ccc3c(F)c(CCc4cc(F)c(OCC(F)(F)F)c(F)c4)ccc3c2)c(F)c1. The monoisotopic (exact) mass is 578 g/mol. The van der Waals surface area contributed by atoms with Crippen LogP contribution in [0.4, 0.5) is 35.1 Å². The van der Waals surface area contributed by atoms with Crippen LogP contribution in [0, 0.1) is 29.1 Å². The van der Waals surface area contributed by atoms with E-state index in [9.17, 15) is 30.7 Å². The molecule has 0 radical (unpaired) electrons. The van der Waals surface area contributed by atoms with Gasteiger partial charge in [0.2, 0.25) is 0 Å². The van der Waals surface area contributed by atoms with E-state index in [0.717, 1.165) is 17.7 Å². The van der Waals surface area contributed by atoms with Crippen LogP contribution in [0.15, 0.2) is 67.3 Å². The van der Waals surface area contributed by atoms with Gasteiger partial charge in [-0.3, -0.25) is 0 Å². The van der Waals surface area contributed by atoms with Crippen molar-refractivity contribution in [3.05, 3.63) is 124 Å². The number of ether oxygens (including phenoxy) is 1. The molecule has 0 aromatic heterocycles. The first-order chi connectivity index (χ1) is 19.4. The summed E-state index contributed by atoms with van der Waals surface area (Å²) >= 11 is 0. The lowest BCUT2D eigenvalue weighted by molar-refractivity contribution is -0.154. The minimum absolute atomic E-state index is 0.0122. The first-order valence-corrected chi connectivity index (χ1v) is 12.9. The lowest BCUT2D eigenvalue weighted by atomic mass is 9.96. The first kappa shape index (κ1) is 30.1. The highest BCUT2D eigenvalue weighted by molar-refractivity contribution is 5.84. The standard InChI is InChI=1S/C32H26F8O/c1-2-3-4-20-14-26(33)25(27(34)15-20)12-7-19-6-11-24-23(13-19)10-9-22(30(24)37)8-5-21-16-28(35)31(29(36)17-21)41-18-32(38,39)40/h2,6,9-11,13-17H,1,3-5,7-8,12,18H2. The smallest absolute Gasteiger partial charge is 0.422 e. The molecule has 41 heavy (non-hydrogen) atoms. The van der Waals surface area contributed by atoms with E-state index in [4.69, 9.17) is 0 Å². The maximum atomic E-state index is 15.2. The van der Waals surface area contributed by atoms with Gasteiger partial charge >= 0.3 is 6.18 Å². The Morgan fingerprint density at radius 3 is 1.90 bits per heavy atom. The molecule has 0 amide bonds. The quantitative estimate of drug-likeness (QED) is 0.127. The van der Waals surface area contributed by atoms with Crippen LogP contribution in [0.25, 0.3) is 10.8 Å². The highest BCUT2D eigenvalue weighted by Gasteiger charge is 2.30. The minimum atomic E-state index is -4.75. The average molecular weight is 579 g/mol. The molecule has 0 aliphatic rings. The van der Waals surface area contributed by atoms with Crippen molar-refractivity contribution >= 4 is 10.8 Å². The fourth-order valence-corrected chi connectivity index (χ4v) is 4.64. The summed E-state index contributed by atoms with van der Waals surface area (Å²) < 4.78 is 114. The molecule has 4 rings (SSSR count). The Labute approximate surface area is 232 Å². The molecule has 0 bridgehead atoms. The van der Waals surface area contributed by atoms with Crippen molar-refractivity contribution in [1.82, 2.24) is 0 Å². The molecule has 216 valence electrons. The minimum Gasteiger partial charge on any atom is -0.478 e. The van der Waals surface area contributed by atoms with E-state index in [0.29, 0.717) is 35.6 Å². The number of allylic oxidation sites excluding steroid dienone is 1. The molecule has 9 heteroatoms. The van der Waals surface area contributed by atoms with Crippen molar-refractivity contribution in [2.75, 3.05) is 6.61 Å². The van der Waals surface area contributed by atoms with Gasteiger partial charge in [-0.15, -0.1) is 6.58 Å². The summed E-state index contributed by atoms with van der Waals surface area (Å²) in [5.74, 6) is -5.41. The fraction of sp³-hybridized carbons (Fsp3) is 0.250. The van der Waals surface area contributed by atoms with Gasteiger partial charge in [0.25, 0.3) is 0 Å². The van der Waals surface area contributed by atoms with E-state index in [1.54, 1.807) is 30.3 Å². The third-order valence-electron chi connectivity index (χ3n) is 6.72. The van der Waals surface area contributed by atoms with Crippen LogP contribution in [0.3, 0.4) is 0 Å². The van der Waals surface area contributed by atoms with E-state index in [2.05, 4.69) is 11.3 Å². The summed E-state index contributed by atoms with van der Waals surface area (Å²) in [7, 11) is 0. The molecule has 0 unspecified atom stereocenters. The number of hydrogen-bond donors (Lipinski definition) is 0. The number of alkyl halides is 3. The number of halogens is 8. The van der Waals surface area contributed by atoms with E-state index in [-0.39, 0.29) is 36.0 Å². The Bertz CT molecular complexity index is 1510. The summed E-state index contributed by atoms with van der Waals surface area (Å²) in [5, 5.41) is 0.885. The predicted octanol–water partition coefficient (Wildman–Crippen LogP) is 9.17. The highest BCUT2D eigenvalue weighted by Crippen LogP contribution is 2.28. The van der Waals surface area contributed by atoms with Crippen LogP contribution in [-0.4, -0.2) is 12.8 Å². The van der Waals surface area contributed by atoms with Crippen LogP contribution in [0.5, 0.6) is 5.75 Å². The van der Waals surface area contributed by atoms with Crippen molar-refractivity contribution in [2.45, 2.75) is 44.7 Å². The van der Waals surface area contributed by atoms with Gasteiger partial charge in [0.1, 0.15) is 17.5 Å². The maximum absolute atomic E-state index is 15.2. The van der Waals surface area contributed by atoms with E-state index < -0.39 is 47.6 Å². The normalized spacial score (nSPS) is 11.7. The molecular formula is C32H26F8O. The van der Waals surface area contributed by atoms with Crippen LogP contribution in [-0.2, 0) is 32.1 Å². The lowest BCUT2D eigenvalue weighted by Crippen LogP contribution is -2.20. The molecule has 0 fully saturated rings. The Balaban J connectivity index is 1.43. The second-order valence-corrected chi connectivity index (χ2v) is 9.75. The van der Waals surface area contributed by atoms with Crippen molar-refractivity contribution in [3.8, 4) is 5.75 Å². The molecular weight excluding hydrogens is 552 g/mol. The Hall–Kier alpha value is -3.88. The molecule has 0 heterocycles. The number of aryl methyl sites for hydroxylation is 4. The molecule has 0 spiro atoms. The summed E-state index contributed by atoms with van der Waals surface area (Å²) in [6.45, 7) is 1.78. The third kappa shape index (κ3) is 7.65. The molecule has 0 aliphatic carbocycles. The average Bonchev–Trinajstić information content (AvgIpc) is 2.90. The Morgan fingerprint density at radius 1 is 0.659 bits per heavy atom. The summed E-state index contributed by atoms with van der Waals surface area (Å²) in [5.41, 5.74) is 1.72. The van der Waals surface area contributed by atoms with Crippen LogP contribution in [0.1, 0.15) is 34.2 Å². The van der Waals surface area contributed by atoms with Crippen molar-refractivity contribution < 1.29 is 39.9 Å². The van der Waals surface area contributed by atoms with Gasteiger partial charge < -0.3 is 4.74 Å². The number of benzene rings is 4. The van der Waals surface area contributed by atoms with E-state index >= 15 is 4.39 Å². The second kappa shape index (κ2) is 12.7. The molecule has 4 aromatic rings. The molecule has 0 saturated heterocycles. The summed E-state index contributed by atoms with van der Waals surface area (Å²) in [6.07, 6.45) is -1.40. The molecule has 0 atom stereocenters. The molecule has 0 aliphatic heterocycles. The summed E-state index contributed by atoms with van der Waals surface area (Å²) in [4.78, 5) is 0. The number of hydrogen-bond acceptors (Lipinski definition) is 1. The van der Waals surface area contributed by atoms with Gasteiger partial charge in [0, 0.05) is 10.9 Å². The van der Waals surface area contributed by atoms with Crippen LogP contribution >= 0.6 is 0 Å². The van der Waals surface area contributed by atoms with Gasteiger partial charge in [-0.25, -0.2) is 22.0 Å². The Kier molecular flexibility index (Phi) is 9.35. The molecule has 0 saturated carbocycles. The van der Waals surface area contributed by atoms with Crippen molar-refractivity contribution in [1.29, 1.82) is 0 Å². The van der Waals surface area contributed by atoms with Gasteiger partial charge in [-0.1, -0.05) is 36.4 Å². The van der Waals surface area contributed by atoms with Crippen LogP contribution < -0.4 is 4.74 Å². The third-order valence-corrected chi connectivity index (χ3v) is 6.72. The fourth-order valence-electron chi connectivity index (χ4n) is 4.64. The van der Waals surface area contributed by atoms with Crippen molar-refractivity contribution in [3.63, 3.8) is 0 Å². The predicted molar refractivity (Wildman–Crippen MR) is 142 cm³/mol. The van der Waals surface area contributed by atoms with Crippen molar-refractivity contribution in [2.24, 2.45) is 0 Å². The first-order valence-electron chi connectivity index (χ1n) is 12.9. The van der Waals surface area contributed by atoms with Gasteiger partial charge in [0.05, 0.1) is 0 Å². The zero-order valence-electron chi connectivity index (χ0n) is 21.9.